The molecule has 0 N–H and O–H groups in total. The third-order valence-corrected chi connectivity index (χ3v) is 8.90. The monoisotopic (exact) mass is 892 g/mol. The molecule has 1 radical (unpaired) electrons. The van der Waals surface area contributed by atoms with Gasteiger partial charge in [-0.15, -0.1) is 71.3 Å². The predicted molar refractivity (Wildman–Crippen MR) is 219 cm³/mol. The Bertz CT molecular complexity index is 2890. The second-order valence-electron chi connectivity index (χ2n) is 14.1. The summed E-state index contributed by atoms with van der Waals surface area (Å²) in [5.41, 5.74) is 2.65. The molecule has 2 nitrogen and oxygen atoms in total. The third kappa shape index (κ3) is 8.39. The Morgan fingerprint density at radius 2 is 1.30 bits per heavy atom. The number of rotatable bonds is 5. The molecule has 0 fully saturated rings. The number of benzene rings is 5. The van der Waals surface area contributed by atoms with Gasteiger partial charge in [0.05, 0.1) is 0 Å². The summed E-state index contributed by atoms with van der Waals surface area (Å²) in [5, 5.41) is 0. The fourth-order valence-electron chi connectivity index (χ4n) is 6.50. The molecule has 0 bridgehead atoms. The van der Waals surface area contributed by atoms with Crippen molar-refractivity contribution in [3.8, 4) is 44.8 Å². The van der Waals surface area contributed by atoms with Crippen molar-refractivity contribution in [3.63, 3.8) is 0 Å². The molecule has 271 valence electrons. The average Bonchev–Trinajstić information content (AvgIpc) is 3.54. The zero-order chi connectivity index (χ0) is 47.9. The first-order valence-electron chi connectivity index (χ1n) is 24.1. The van der Waals surface area contributed by atoms with Crippen molar-refractivity contribution in [1.82, 2.24) is 9.97 Å². The molecule has 2 aliphatic rings. The van der Waals surface area contributed by atoms with Gasteiger partial charge in [-0.05, 0) is 111 Å². The molecule has 0 atom stereocenters. The number of hydrogen-bond donors (Lipinski definition) is 0. The molecule has 3 heteroatoms. The van der Waals surface area contributed by atoms with Crippen LogP contribution in [0.25, 0.3) is 44.8 Å². The number of pyridine rings is 2. The normalized spacial score (nSPS) is 21.5. The molecule has 1 spiro atoms. The molecule has 0 aliphatic heterocycles. The quantitative estimate of drug-likeness (QED) is 0.161. The molecular formula is C51H46IrN2-2. The molecule has 0 saturated carbocycles. The van der Waals surface area contributed by atoms with Crippen LogP contribution in [0.5, 0.6) is 0 Å². The minimum absolute atomic E-state index is 0. The smallest absolute Gasteiger partial charge is 0.0322 e. The molecule has 0 saturated heterocycles. The van der Waals surface area contributed by atoms with Crippen LogP contribution in [0, 0.1) is 29.8 Å². The van der Waals surface area contributed by atoms with E-state index >= 15 is 0 Å². The first kappa shape index (κ1) is 24.5. The first-order valence-corrected chi connectivity index (χ1v) is 17.6. The van der Waals surface area contributed by atoms with E-state index in [1.165, 1.54) is 36.7 Å². The third-order valence-electron chi connectivity index (χ3n) is 8.90. The van der Waals surface area contributed by atoms with E-state index in [1.807, 2.05) is 81.4 Å². The second kappa shape index (κ2) is 15.8. The van der Waals surface area contributed by atoms with E-state index in [0.717, 1.165) is 11.1 Å². The Kier molecular flexibility index (Phi) is 7.16. The van der Waals surface area contributed by atoms with E-state index in [9.17, 15) is 5.48 Å². The second-order valence-corrected chi connectivity index (χ2v) is 14.1. The standard InChI is InChI=1S/C33H32N.C18H14N.Ir/c1-32(2,3)17-23-11-14-31(34-22-23)26-10-6-9-24(15-26)25-12-13-29-20-33(21-30(29)16-25)18-27-7-4-5-8-28(27)19-33;1-14-13-19-18(16-10-6-3-7-11-16)12-17(14)15-8-4-2-5-9-15;/h4-9,11-16,22H,17-21H2,1-3H3;2-10,12-13H,1H3;/q2*-1;/i17D2,18D2,19D2,20D2,21D2;1D3;. The summed E-state index contributed by atoms with van der Waals surface area (Å²) in [6.07, 6.45) is -9.40. The molecule has 0 amide bonds. The summed E-state index contributed by atoms with van der Waals surface area (Å²) < 4.78 is 114. The molecule has 2 aromatic heterocycles. The molecule has 54 heavy (non-hydrogen) atoms. The van der Waals surface area contributed by atoms with Crippen molar-refractivity contribution < 1.29 is 37.9 Å². The minimum atomic E-state index is -2.74. The van der Waals surface area contributed by atoms with E-state index in [4.69, 9.17) is 12.3 Å². The van der Waals surface area contributed by atoms with Crippen molar-refractivity contribution in [2.75, 3.05) is 0 Å². The van der Waals surface area contributed by atoms with E-state index in [0.29, 0.717) is 39.2 Å². The fourth-order valence-corrected chi connectivity index (χ4v) is 6.50. The fraction of sp³-hybridized carbons (Fsp3) is 0.216. The summed E-state index contributed by atoms with van der Waals surface area (Å²) >= 11 is 0. The van der Waals surface area contributed by atoms with Crippen LogP contribution in [0.2, 0.25) is 0 Å². The number of fused-ring (bicyclic) bond motifs is 2. The van der Waals surface area contributed by atoms with E-state index in [1.54, 1.807) is 48.5 Å². The maximum absolute atomic E-state index is 9.31. The molecule has 7 aromatic rings. The summed E-state index contributed by atoms with van der Waals surface area (Å²) in [6, 6.07) is 44.4. The van der Waals surface area contributed by atoms with Gasteiger partial charge in [-0.2, -0.15) is 0 Å². The zero-order valence-corrected chi connectivity index (χ0v) is 32.5. The van der Waals surface area contributed by atoms with Crippen LogP contribution >= 0.6 is 0 Å². The zero-order valence-electron chi connectivity index (χ0n) is 43.1. The van der Waals surface area contributed by atoms with Gasteiger partial charge in [0.1, 0.15) is 0 Å². The van der Waals surface area contributed by atoms with Gasteiger partial charge >= 0.3 is 0 Å². The van der Waals surface area contributed by atoms with Crippen LogP contribution in [0.3, 0.4) is 0 Å². The summed E-state index contributed by atoms with van der Waals surface area (Å²) in [4.78, 5) is 8.81. The topological polar surface area (TPSA) is 25.8 Å². The van der Waals surface area contributed by atoms with E-state index in [-0.39, 0.29) is 47.9 Å². The summed E-state index contributed by atoms with van der Waals surface area (Å²) in [6.45, 7) is 3.30. The van der Waals surface area contributed by atoms with Gasteiger partial charge in [0.2, 0.25) is 0 Å². The van der Waals surface area contributed by atoms with Crippen LogP contribution in [0.15, 0.2) is 146 Å². The van der Waals surface area contributed by atoms with Gasteiger partial charge in [0.15, 0.2) is 0 Å². The predicted octanol–water partition coefficient (Wildman–Crippen LogP) is 12.2. The van der Waals surface area contributed by atoms with Crippen LogP contribution in [-0.4, -0.2) is 9.97 Å². The number of hydrogen-bond acceptors (Lipinski definition) is 2. The molecule has 2 aliphatic carbocycles. The maximum atomic E-state index is 9.31. The Morgan fingerprint density at radius 1 is 0.630 bits per heavy atom. The summed E-state index contributed by atoms with van der Waals surface area (Å²) in [5.74, 6) is 0. The number of aromatic nitrogens is 2. The van der Waals surface area contributed by atoms with Crippen molar-refractivity contribution >= 4 is 0 Å². The van der Waals surface area contributed by atoms with E-state index < -0.39 is 49.5 Å². The van der Waals surface area contributed by atoms with Gasteiger partial charge in [0.25, 0.3) is 0 Å². The molecule has 5 aromatic carbocycles. The van der Waals surface area contributed by atoms with Gasteiger partial charge < -0.3 is 9.97 Å². The van der Waals surface area contributed by atoms with Crippen molar-refractivity contribution in [2.24, 2.45) is 10.8 Å². The molecule has 2 heterocycles. The SMILES string of the molecule is [2H]C([2H])([2H])c1cnc(-c2[c-]cccc2)cc1-c1ccccc1.[2H]C([2H])(c1ccc(-c2[c-]ccc(-c3ccc4c(c3)C([2H])([2H])C3(C([2H])([2H])c5ccccc5C3([2H])[2H])C4([2H])[2H])c2)nc1)C(C)(C)C.[Ir]. The van der Waals surface area contributed by atoms with E-state index in [2.05, 4.69) is 22.1 Å². The number of aryl methyl sites for hydroxylation is 1. The Balaban J connectivity index is 0.000000243. The van der Waals surface area contributed by atoms with Crippen molar-refractivity contribution in [3.05, 3.63) is 191 Å². The Morgan fingerprint density at radius 3 is 1.98 bits per heavy atom. The van der Waals surface area contributed by atoms with Gasteiger partial charge in [-0.1, -0.05) is 112 Å². The minimum Gasteiger partial charge on any atom is -0.304 e. The van der Waals surface area contributed by atoms with Crippen LogP contribution in [0.4, 0.5) is 0 Å². The van der Waals surface area contributed by atoms with Gasteiger partial charge in [-0.3, -0.25) is 0 Å². The molecular weight excluding hydrogens is 833 g/mol. The summed E-state index contributed by atoms with van der Waals surface area (Å²) in [7, 11) is 0. The largest absolute Gasteiger partial charge is 0.304 e. The van der Waals surface area contributed by atoms with Crippen molar-refractivity contribution in [1.29, 1.82) is 0 Å². The first-order chi connectivity index (χ1) is 30.8. The van der Waals surface area contributed by atoms with Crippen LogP contribution < -0.4 is 0 Å². The van der Waals surface area contributed by atoms with Crippen LogP contribution in [-0.2, 0) is 52.0 Å². The molecule has 9 rings (SSSR count). The maximum Gasteiger partial charge on any atom is 0.0322 e. The van der Waals surface area contributed by atoms with Crippen molar-refractivity contribution in [2.45, 2.75) is 59.5 Å². The van der Waals surface area contributed by atoms with Gasteiger partial charge in [0, 0.05) is 50.3 Å². The number of nitrogens with zero attached hydrogens (tertiary/aromatic N) is 2. The Labute approximate surface area is 353 Å². The Hall–Kier alpha value is -4.95. The van der Waals surface area contributed by atoms with Gasteiger partial charge in [-0.25, -0.2) is 0 Å². The molecule has 0 unspecified atom stereocenters. The average molecular weight is 892 g/mol. The van der Waals surface area contributed by atoms with Crippen LogP contribution in [0.1, 0.15) is 72.0 Å².